The first-order valence-electron chi connectivity index (χ1n) is 6.12. The van der Waals surface area contributed by atoms with Crippen LogP contribution in [-0.2, 0) is 38.1 Å². The molecular weight excluding hydrogens is 286 g/mol. The molecule has 4 unspecified atom stereocenters. The van der Waals surface area contributed by atoms with Gasteiger partial charge in [0, 0.05) is 20.8 Å². The lowest BCUT2D eigenvalue weighted by atomic mass is 10.1. The van der Waals surface area contributed by atoms with Gasteiger partial charge in [-0.2, -0.15) is 0 Å². The van der Waals surface area contributed by atoms with Crippen molar-refractivity contribution in [2.24, 2.45) is 0 Å². The summed E-state index contributed by atoms with van der Waals surface area (Å²) in [5.41, 5.74) is 0. The summed E-state index contributed by atoms with van der Waals surface area (Å²) < 4.78 is 25.1. The fraction of sp³-hybridized carbons (Fsp3) is 0.667. The van der Waals surface area contributed by atoms with Gasteiger partial charge in [-0.25, -0.2) is 0 Å². The maximum atomic E-state index is 11.2. The van der Waals surface area contributed by atoms with Gasteiger partial charge in [0.25, 0.3) is 0 Å². The van der Waals surface area contributed by atoms with Crippen LogP contribution in [0, 0.1) is 5.41 Å². The highest BCUT2D eigenvalue weighted by molar-refractivity contribution is 5.68. The fourth-order valence-corrected chi connectivity index (χ4v) is 1.85. The zero-order valence-corrected chi connectivity index (χ0v) is 11.9. The zero-order chi connectivity index (χ0) is 16.0. The molecule has 0 aliphatic carbocycles. The number of hydrogen-bond acceptors (Lipinski definition) is 9. The molecule has 1 fully saturated rings. The van der Waals surface area contributed by atoms with E-state index in [1.54, 1.807) is 0 Å². The lowest BCUT2D eigenvalue weighted by Crippen LogP contribution is -2.41. The zero-order valence-electron chi connectivity index (χ0n) is 11.9. The quantitative estimate of drug-likeness (QED) is 0.309. The Morgan fingerprint density at radius 3 is 2.10 bits per heavy atom. The van der Waals surface area contributed by atoms with Gasteiger partial charge in [-0.15, -0.1) is 0 Å². The van der Waals surface area contributed by atoms with Crippen LogP contribution in [0.3, 0.4) is 0 Å². The van der Waals surface area contributed by atoms with Crippen molar-refractivity contribution >= 4 is 24.3 Å². The molecule has 1 aliphatic heterocycles. The van der Waals surface area contributed by atoms with E-state index in [9.17, 15) is 14.4 Å². The first kappa shape index (κ1) is 16.9. The van der Waals surface area contributed by atoms with E-state index in [1.807, 2.05) is 0 Å². The molecule has 0 spiro atoms. The summed E-state index contributed by atoms with van der Waals surface area (Å²) in [5, 5.41) is 6.92. The summed E-state index contributed by atoms with van der Waals surface area (Å²) in [6, 6.07) is 0. The van der Waals surface area contributed by atoms with Crippen molar-refractivity contribution in [3.63, 3.8) is 0 Å². The number of rotatable bonds is 6. The van der Waals surface area contributed by atoms with E-state index in [2.05, 4.69) is 0 Å². The van der Waals surface area contributed by atoms with Gasteiger partial charge < -0.3 is 23.7 Å². The summed E-state index contributed by atoms with van der Waals surface area (Å²) in [6.07, 6.45) is -3.45. The van der Waals surface area contributed by atoms with Gasteiger partial charge in [-0.1, -0.05) is 0 Å². The number of esters is 3. The molecule has 0 aromatic carbocycles. The Morgan fingerprint density at radius 1 is 1.05 bits per heavy atom. The third-order valence-electron chi connectivity index (χ3n) is 2.52. The Morgan fingerprint density at radius 2 is 1.62 bits per heavy atom. The van der Waals surface area contributed by atoms with E-state index < -0.39 is 42.5 Å². The molecule has 0 saturated carbocycles. The molecule has 4 atom stereocenters. The molecule has 0 aromatic rings. The van der Waals surface area contributed by atoms with Gasteiger partial charge in [0.15, 0.2) is 12.5 Å². The van der Waals surface area contributed by atoms with Crippen molar-refractivity contribution in [1.82, 2.24) is 0 Å². The third-order valence-corrected chi connectivity index (χ3v) is 2.52. The second-order valence-electron chi connectivity index (χ2n) is 4.25. The molecule has 9 heteroatoms. The van der Waals surface area contributed by atoms with Crippen LogP contribution < -0.4 is 0 Å². The molecule has 0 bridgehead atoms. The molecule has 1 N–H and O–H groups in total. The van der Waals surface area contributed by atoms with Crippen molar-refractivity contribution in [2.45, 2.75) is 45.4 Å². The molecule has 0 radical (unpaired) electrons. The summed E-state index contributed by atoms with van der Waals surface area (Å²) in [7, 11) is 0. The van der Waals surface area contributed by atoms with E-state index in [4.69, 9.17) is 29.1 Å². The van der Waals surface area contributed by atoms with E-state index >= 15 is 0 Å². The second-order valence-corrected chi connectivity index (χ2v) is 4.25. The van der Waals surface area contributed by atoms with Gasteiger partial charge in [-0.05, 0) is 0 Å². The molecule has 118 valence electrons. The lowest BCUT2D eigenvalue weighted by molar-refractivity contribution is -0.171. The van der Waals surface area contributed by atoms with Crippen LogP contribution in [0.25, 0.3) is 0 Å². The smallest absolute Gasteiger partial charge is 0.303 e. The minimum absolute atomic E-state index is 0.205. The van der Waals surface area contributed by atoms with Crippen LogP contribution in [0.15, 0.2) is 0 Å². The highest BCUT2D eigenvalue weighted by Gasteiger charge is 2.50. The van der Waals surface area contributed by atoms with Crippen LogP contribution in [0.1, 0.15) is 20.8 Å². The largest absolute Gasteiger partial charge is 0.463 e. The Hall–Kier alpha value is -2.16. The minimum Gasteiger partial charge on any atom is -0.463 e. The molecule has 0 aromatic heterocycles. The number of hydrogen-bond donors (Lipinski definition) is 1. The first-order valence-corrected chi connectivity index (χ1v) is 6.12. The molecule has 9 nitrogen and oxygen atoms in total. The minimum atomic E-state index is -1.13. The predicted molar refractivity (Wildman–Crippen MR) is 66.3 cm³/mol. The van der Waals surface area contributed by atoms with Crippen molar-refractivity contribution < 1.29 is 38.1 Å². The molecule has 1 rings (SSSR count). The van der Waals surface area contributed by atoms with Crippen molar-refractivity contribution in [1.29, 1.82) is 5.41 Å². The maximum absolute atomic E-state index is 11.2. The van der Waals surface area contributed by atoms with Crippen molar-refractivity contribution in [3.05, 3.63) is 0 Å². The molecule has 1 saturated heterocycles. The van der Waals surface area contributed by atoms with Gasteiger partial charge in [0.2, 0.25) is 12.4 Å². The second kappa shape index (κ2) is 7.58. The van der Waals surface area contributed by atoms with Crippen LogP contribution in [0.5, 0.6) is 0 Å². The van der Waals surface area contributed by atoms with Crippen molar-refractivity contribution in [3.8, 4) is 0 Å². The summed E-state index contributed by atoms with van der Waals surface area (Å²) in [5.74, 6) is -1.79. The highest BCUT2D eigenvalue weighted by atomic mass is 16.7. The van der Waals surface area contributed by atoms with Gasteiger partial charge in [0.05, 0.1) is 0 Å². The topological polar surface area (TPSA) is 121 Å². The Labute approximate surface area is 120 Å². The highest BCUT2D eigenvalue weighted by Crippen LogP contribution is 2.28. The molecule has 21 heavy (non-hydrogen) atoms. The average Bonchev–Trinajstić information content (AvgIpc) is 2.65. The van der Waals surface area contributed by atoms with Crippen LogP contribution in [0.2, 0.25) is 0 Å². The standard InChI is InChI=1S/C12H17NO8/c1-6(14)17-4-9-10(19-7(2)15)11(20-8(3)16)12(21-9)18-5-13/h5,9-13H,4H2,1-3H3. The monoisotopic (exact) mass is 303 g/mol. The normalized spacial score (nSPS) is 27.6. The summed E-state index contributed by atoms with van der Waals surface area (Å²) in [4.78, 5) is 33.2. The van der Waals surface area contributed by atoms with E-state index in [-0.39, 0.29) is 6.61 Å². The lowest BCUT2D eigenvalue weighted by Gasteiger charge is -2.22. The molecule has 1 heterocycles. The van der Waals surface area contributed by atoms with E-state index in [0.717, 1.165) is 0 Å². The summed E-state index contributed by atoms with van der Waals surface area (Å²) in [6.45, 7) is 3.36. The average molecular weight is 303 g/mol. The third kappa shape index (κ3) is 5.03. The van der Waals surface area contributed by atoms with Gasteiger partial charge in [-0.3, -0.25) is 19.8 Å². The number of nitrogens with one attached hydrogen (secondary N) is 1. The van der Waals surface area contributed by atoms with Crippen LogP contribution >= 0.6 is 0 Å². The fourth-order valence-electron chi connectivity index (χ4n) is 1.85. The van der Waals surface area contributed by atoms with E-state index in [0.29, 0.717) is 6.40 Å². The Bertz CT molecular complexity index is 423. The SMILES string of the molecule is CC(=O)OCC1OC(OC=N)C(OC(C)=O)C1OC(C)=O. The summed E-state index contributed by atoms with van der Waals surface area (Å²) >= 11 is 0. The van der Waals surface area contributed by atoms with Gasteiger partial charge >= 0.3 is 17.9 Å². The molecular formula is C12H17NO8. The maximum Gasteiger partial charge on any atom is 0.303 e. The van der Waals surface area contributed by atoms with E-state index in [1.165, 1.54) is 20.8 Å². The van der Waals surface area contributed by atoms with Crippen molar-refractivity contribution in [2.75, 3.05) is 6.61 Å². The Balaban J connectivity index is 2.89. The predicted octanol–water partition coefficient (Wildman–Crippen LogP) is -0.239. The number of ether oxygens (including phenoxy) is 5. The van der Waals surface area contributed by atoms with Crippen LogP contribution in [-0.4, -0.2) is 55.5 Å². The number of carbonyl (C=O) groups excluding carboxylic acids is 3. The van der Waals surface area contributed by atoms with Gasteiger partial charge in [0.1, 0.15) is 12.7 Å². The molecule has 1 aliphatic rings. The first-order chi connectivity index (χ1) is 9.85. The van der Waals surface area contributed by atoms with Crippen LogP contribution in [0.4, 0.5) is 0 Å². The number of carbonyl (C=O) groups is 3. The molecule has 0 amide bonds. The Kier molecular flexibility index (Phi) is 6.10.